The highest BCUT2D eigenvalue weighted by Crippen LogP contribution is 2.26. The molecule has 0 saturated carbocycles. The second-order valence-corrected chi connectivity index (χ2v) is 10.5. The summed E-state index contributed by atoms with van der Waals surface area (Å²) in [5.74, 6) is -1.23. The molecule has 2 atom stereocenters. The molecule has 0 unspecified atom stereocenters. The van der Waals surface area contributed by atoms with E-state index in [0.29, 0.717) is 18.0 Å². The van der Waals surface area contributed by atoms with Crippen LogP contribution in [0.25, 0.3) is 0 Å². The summed E-state index contributed by atoms with van der Waals surface area (Å²) in [6.07, 6.45) is -0.0696. The lowest BCUT2D eigenvalue weighted by molar-refractivity contribution is 0.0697. The fraction of sp³-hybridized carbons (Fsp3) is 0.208. The number of carbonyl (C=O) groups is 1. The Morgan fingerprint density at radius 3 is 2.27 bits per heavy atom. The molecule has 0 aromatic heterocycles. The number of halogens is 2. The first-order valence-electron chi connectivity index (χ1n) is 10.1. The second kappa shape index (κ2) is 10.7. The zero-order valence-electron chi connectivity index (χ0n) is 17.7. The van der Waals surface area contributed by atoms with Crippen LogP contribution in [0.4, 0.5) is 0 Å². The maximum atomic E-state index is 12.9. The van der Waals surface area contributed by atoms with Crippen LogP contribution >= 0.6 is 23.2 Å². The Hall–Kier alpha value is -2.42. The molecular formula is C24H23Cl2NO5S. The van der Waals surface area contributed by atoms with Gasteiger partial charge in [0.25, 0.3) is 0 Å². The number of carboxylic acid groups (broad SMARTS) is 1. The minimum absolute atomic E-state index is 0.0312. The van der Waals surface area contributed by atoms with Gasteiger partial charge in [0.1, 0.15) is 0 Å². The minimum Gasteiger partial charge on any atom is -0.478 e. The van der Waals surface area contributed by atoms with E-state index in [1.165, 1.54) is 24.3 Å². The van der Waals surface area contributed by atoms with Gasteiger partial charge >= 0.3 is 5.97 Å². The van der Waals surface area contributed by atoms with E-state index in [1.807, 2.05) is 13.0 Å². The van der Waals surface area contributed by atoms with E-state index >= 15 is 0 Å². The smallest absolute Gasteiger partial charge is 0.337 e. The van der Waals surface area contributed by atoms with Crippen molar-refractivity contribution >= 4 is 39.0 Å². The van der Waals surface area contributed by atoms with Crippen molar-refractivity contribution in [3.8, 4) is 0 Å². The van der Waals surface area contributed by atoms with Gasteiger partial charge in [0, 0.05) is 17.6 Å². The minimum atomic E-state index is -3.84. The Balaban J connectivity index is 1.63. The third-order valence-corrected chi connectivity index (χ3v) is 7.47. The van der Waals surface area contributed by atoms with Gasteiger partial charge in [0.2, 0.25) is 9.84 Å². The van der Waals surface area contributed by atoms with Crippen molar-refractivity contribution in [1.82, 2.24) is 5.32 Å². The van der Waals surface area contributed by atoms with Crippen LogP contribution in [0, 0.1) is 0 Å². The van der Waals surface area contributed by atoms with Gasteiger partial charge in [-0.2, -0.15) is 0 Å². The molecule has 0 aliphatic carbocycles. The molecule has 33 heavy (non-hydrogen) atoms. The Kier molecular flexibility index (Phi) is 8.15. The van der Waals surface area contributed by atoms with Crippen molar-refractivity contribution < 1.29 is 23.4 Å². The van der Waals surface area contributed by atoms with Gasteiger partial charge in [-0.25, -0.2) is 13.2 Å². The Bertz CT molecular complexity index is 1250. The molecule has 0 radical (unpaired) electrons. The zero-order valence-corrected chi connectivity index (χ0v) is 20.0. The van der Waals surface area contributed by atoms with Gasteiger partial charge in [-0.3, -0.25) is 0 Å². The first-order valence-corrected chi connectivity index (χ1v) is 12.4. The molecule has 0 heterocycles. The molecule has 3 N–H and O–H groups in total. The van der Waals surface area contributed by atoms with Gasteiger partial charge in [-0.15, -0.1) is 0 Å². The van der Waals surface area contributed by atoms with Crippen LogP contribution in [0.15, 0.2) is 76.5 Å². The summed E-state index contributed by atoms with van der Waals surface area (Å²) in [4.78, 5) is 11.1. The zero-order chi connectivity index (χ0) is 24.2. The lowest BCUT2D eigenvalue weighted by Gasteiger charge is -2.18. The summed E-state index contributed by atoms with van der Waals surface area (Å²) in [5.41, 5.74) is 1.49. The molecule has 0 bridgehead atoms. The van der Waals surface area contributed by atoms with Crippen molar-refractivity contribution in [2.75, 3.05) is 6.54 Å². The first kappa shape index (κ1) is 25.2. The number of hydrogen-bond acceptors (Lipinski definition) is 5. The van der Waals surface area contributed by atoms with Crippen LogP contribution in [0.3, 0.4) is 0 Å². The number of rotatable bonds is 9. The fourth-order valence-corrected chi connectivity index (χ4v) is 5.16. The van der Waals surface area contributed by atoms with Crippen LogP contribution in [-0.2, 0) is 16.3 Å². The first-order chi connectivity index (χ1) is 15.6. The van der Waals surface area contributed by atoms with Crippen LogP contribution in [0.2, 0.25) is 10.0 Å². The van der Waals surface area contributed by atoms with Gasteiger partial charge in [0.05, 0.1) is 26.5 Å². The van der Waals surface area contributed by atoms with Crippen molar-refractivity contribution in [3.63, 3.8) is 0 Å². The predicted octanol–water partition coefficient (Wildman–Crippen LogP) is 4.78. The maximum Gasteiger partial charge on any atom is 0.337 e. The lowest BCUT2D eigenvalue weighted by atomic mass is 10.1. The highest BCUT2D eigenvalue weighted by molar-refractivity contribution is 7.91. The molecule has 3 rings (SSSR count). The van der Waals surface area contributed by atoms with Crippen molar-refractivity contribution in [1.29, 1.82) is 0 Å². The molecule has 3 aromatic carbocycles. The summed E-state index contributed by atoms with van der Waals surface area (Å²) in [6, 6.07) is 17.1. The number of aliphatic hydroxyl groups is 1. The average Bonchev–Trinajstić information content (AvgIpc) is 2.77. The summed E-state index contributed by atoms with van der Waals surface area (Å²) in [7, 11) is -3.84. The Morgan fingerprint density at radius 1 is 1.00 bits per heavy atom. The third-order valence-electron chi connectivity index (χ3n) is 5.15. The number of sulfone groups is 1. The van der Waals surface area contributed by atoms with Crippen LogP contribution < -0.4 is 5.32 Å². The van der Waals surface area contributed by atoms with Gasteiger partial charge in [-0.1, -0.05) is 47.5 Å². The number of nitrogens with one attached hydrogen (secondary N) is 1. The fourth-order valence-electron chi connectivity index (χ4n) is 3.35. The second-order valence-electron chi connectivity index (χ2n) is 7.68. The molecule has 0 aliphatic rings. The number of hydrogen-bond donors (Lipinski definition) is 3. The molecule has 174 valence electrons. The molecular weight excluding hydrogens is 485 g/mol. The molecule has 9 heteroatoms. The van der Waals surface area contributed by atoms with E-state index in [1.54, 1.807) is 30.3 Å². The number of carboxylic acids is 1. The van der Waals surface area contributed by atoms with Gasteiger partial charge in [0.15, 0.2) is 0 Å². The summed E-state index contributed by atoms with van der Waals surface area (Å²) < 4.78 is 25.8. The molecule has 0 spiro atoms. The van der Waals surface area contributed by atoms with Crippen LogP contribution in [0.5, 0.6) is 0 Å². The molecule has 0 saturated heterocycles. The highest BCUT2D eigenvalue weighted by atomic mass is 35.5. The molecule has 3 aromatic rings. The van der Waals surface area contributed by atoms with E-state index < -0.39 is 21.9 Å². The monoisotopic (exact) mass is 507 g/mol. The number of aromatic carboxylic acids is 1. The maximum absolute atomic E-state index is 12.9. The average molecular weight is 508 g/mol. The summed E-state index contributed by atoms with van der Waals surface area (Å²) in [5, 5.41) is 23.1. The lowest BCUT2D eigenvalue weighted by Crippen LogP contribution is -2.32. The van der Waals surface area contributed by atoms with Crippen molar-refractivity contribution in [3.05, 3.63) is 93.5 Å². The molecule has 6 nitrogen and oxygen atoms in total. The predicted molar refractivity (Wildman–Crippen MR) is 128 cm³/mol. The molecule has 0 aliphatic heterocycles. The Labute approximate surface area is 202 Å². The van der Waals surface area contributed by atoms with Crippen molar-refractivity contribution in [2.45, 2.75) is 35.3 Å². The SMILES string of the molecule is C[C@H](Cc1ccc(S(=O)(=O)c2ccc(C(=O)O)c(Cl)c2)cc1)NC[C@H](O)c1cccc(Cl)c1. The highest BCUT2D eigenvalue weighted by Gasteiger charge is 2.20. The van der Waals surface area contributed by atoms with E-state index in [9.17, 15) is 18.3 Å². The van der Waals surface area contributed by atoms with Crippen LogP contribution in [0.1, 0.15) is 34.5 Å². The largest absolute Gasteiger partial charge is 0.478 e. The van der Waals surface area contributed by atoms with E-state index in [4.69, 9.17) is 28.3 Å². The number of benzene rings is 3. The van der Waals surface area contributed by atoms with E-state index in [0.717, 1.165) is 17.2 Å². The quantitative estimate of drug-likeness (QED) is 0.385. The number of aliphatic hydroxyl groups excluding tert-OH is 1. The van der Waals surface area contributed by atoms with Gasteiger partial charge in [-0.05, 0) is 66.9 Å². The van der Waals surface area contributed by atoms with Gasteiger partial charge < -0.3 is 15.5 Å². The van der Waals surface area contributed by atoms with Crippen LogP contribution in [-0.4, -0.2) is 37.2 Å². The standard InChI is InChI=1S/C24H23Cl2NO5S/c1-15(27-14-23(28)17-3-2-4-18(25)12-17)11-16-5-7-19(8-6-16)33(31,32)20-9-10-21(24(29)30)22(26)13-20/h2-10,12-13,15,23,27-28H,11,14H2,1H3,(H,29,30)/t15-,23+/m1/s1. The molecule has 0 amide bonds. The summed E-state index contributed by atoms with van der Waals surface area (Å²) in [6.45, 7) is 2.32. The topological polar surface area (TPSA) is 104 Å². The third kappa shape index (κ3) is 6.34. The summed E-state index contributed by atoms with van der Waals surface area (Å²) >= 11 is 11.9. The van der Waals surface area contributed by atoms with E-state index in [-0.39, 0.29) is 26.4 Å². The van der Waals surface area contributed by atoms with Crippen molar-refractivity contribution in [2.24, 2.45) is 0 Å². The molecule has 0 fully saturated rings. The van der Waals surface area contributed by atoms with E-state index in [2.05, 4.69) is 5.32 Å². The Morgan fingerprint density at radius 2 is 1.67 bits per heavy atom. The normalized spacial score (nSPS) is 13.5.